The van der Waals surface area contributed by atoms with Gasteiger partial charge in [0.15, 0.2) is 11.3 Å². The van der Waals surface area contributed by atoms with Crippen LogP contribution >= 0.6 is 0 Å². The number of hydrogen-bond donors (Lipinski definition) is 1. The lowest BCUT2D eigenvalue weighted by Crippen LogP contribution is -2.35. The molecule has 0 radical (unpaired) electrons. The highest BCUT2D eigenvalue weighted by atomic mass is 32.2. The molecule has 1 saturated heterocycles. The van der Waals surface area contributed by atoms with E-state index in [0.717, 1.165) is 42.6 Å². The van der Waals surface area contributed by atoms with Gasteiger partial charge in [0, 0.05) is 28.3 Å². The zero-order chi connectivity index (χ0) is 22.2. The van der Waals surface area contributed by atoms with E-state index >= 15 is 0 Å². The second kappa shape index (κ2) is 11.4. The van der Waals surface area contributed by atoms with Gasteiger partial charge in [0.1, 0.15) is 0 Å². The Kier molecular flexibility index (Phi) is 8.60. The molecule has 1 fully saturated rings. The van der Waals surface area contributed by atoms with Crippen molar-refractivity contribution in [1.29, 1.82) is 0 Å². The number of nitrogens with zero attached hydrogens (tertiary/aromatic N) is 2. The highest BCUT2D eigenvalue weighted by molar-refractivity contribution is 7.89. The number of nitrogens with one attached hydrogen (secondary N) is 1. The number of piperidine rings is 1. The maximum Gasteiger partial charge on any atom is 0.287 e. The third-order valence-corrected chi connectivity index (χ3v) is 7.27. The largest absolute Gasteiger partial charge is 0.449 e. The number of fused-ring (bicyclic) bond motifs is 1. The molecule has 1 aliphatic carbocycles. The predicted molar refractivity (Wildman–Crippen MR) is 126 cm³/mol. The molecule has 31 heavy (non-hydrogen) atoms. The van der Waals surface area contributed by atoms with Crippen LogP contribution in [0.2, 0.25) is 0 Å². The minimum Gasteiger partial charge on any atom is -0.449 e. The predicted octanol–water partition coefficient (Wildman–Crippen LogP) is 4.28. The van der Waals surface area contributed by atoms with Gasteiger partial charge in [0.25, 0.3) is 5.91 Å². The maximum absolute atomic E-state index is 12.8. The van der Waals surface area contributed by atoms with Crippen LogP contribution in [-0.4, -0.2) is 51.9 Å². The molecule has 2 atom stereocenters. The van der Waals surface area contributed by atoms with Crippen molar-refractivity contribution in [2.75, 3.05) is 26.7 Å². The smallest absolute Gasteiger partial charge is 0.287 e. The van der Waals surface area contributed by atoms with Gasteiger partial charge in [-0.1, -0.05) is 38.5 Å². The number of furan rings is 1. The Bertz CT molecular complexity index is 925. The summed E-state index contributed by atoms with van der Waals surface area (Å²) < 4.78 is 18.3. The van der Waals surface area contributed by atoms with Crippen molar-refractivity contribution in [2.24, 2.45) is 5.92 Å². The van der Waals surface area contributed by atoms with Crippen molar-refractivity contribution in [1.82, 2.24) is 15.2 Å². The van der Waals surface area contributed by atoms with E-state index in [2.05, 4.69) is 48.2 Å². The minimum absolute atomic E-state index is 0.202. The lowest BCUT2D eigenvalue weighted by atomic mass is 10.0. The summed E-state index contributed by atoms with van der Waals surface area (Å²) in [5, 5.41) is 4.05. The molecule has 2 aromatic heterocycles. The number of rotatable bonds is 5. The lowest BCUT2D eigenvalue weighted by Gasteiger charge is -2.29. The molecule has 2 unspecified atom stereocenters. The first-order valence-electron chi connectivity index (χ1n) is 11.1. The Morgan fingerprint density at radius 1 is 1.32 bits per heavy atom. The molecular formula is C24H33N3O3S. The molecular weight excluding hydrogens is 410 g/mol. The Morgan fingerprint density at radius 2 is 2.06 bits per heavy atom. The highest BCUT2D eigenvalue weighted by Gasteiger charge is 2.25. The van der Waals surface area contributed by atoms with Crippen LogP contribution in [0, 0.1) is 5.92 Å². The Labute approximate surface area is 187 Å². The summed E-state index contributed by atoms with van der Waals surface area (Å²) >= 11 is 0. The first-order valence-corrected chi connectivity index (χ1v) is 12.3. The number of carbonyl (C=O) groups excluding carboxylic acids is 1. The van der Waals surface area contributed by atoms with Crippen LogP contribution in [0.1, 0.15) is 50.1 Å². The van der Waals surface area contributed by atoms with Gasteiger partial charge in [-0.3, -0.25) is 14.0 Å². The van der Waals surface area contributed by atoms with Gasteiger partial charge in [-0.05, 0) is 57.5 Å². The molecule has 1 N–H and O–H groups in total. The molecule has 0 bridgehead atoms. The Hall–Kier alpha value is -2.25. The molecule has 0 aromatic carbocycles. The van der Waals surface area contributed by atoms with E-state index in [1.165, 1.54) is 6.42 Å². The monoisotopic (exact) mass is 443 g/mol. The minimum atomic E-state index is -0.935. The summed E-state index contributed by atoms with van der Waals surface area (Å²) in [7, 11) is 1.18. The van der Waals surface area contributed by atoms with Gasteiger partial charge < -0.3 is 14.6 Å². The molecule has 0 saturated carbocycles. The van der Waals surface area contributed by atoms with Crippen LogP contribution in [0.25, 0.3) is 11.0 Å². The van der Waals surface area contributed by atoms with E-state index in [1.807, 2.05) is 12.1 Å². The van der Waals surface area contributed by atoms with Gasteiger partial charge in [0.2, 0.25) is 0 Å². The standard InChI is InChI=1S/C21H25N3O3S.C3H8/c1-24-10-7-18(8-11-24)28(26)17-4-2-15(3-5-17)13-23-21(25)19-12-16-6-9-22-14-20(16)27-19;1-3-2/h2,4-6,9,12,14-15,18H,3,7-8,10-11,13H2,1H3,(H,23,25);3H2,1-2H3. The van der Waals surface area contributed by atoms with Crippen molar-refractivity contribution < 1.29 is 13.4 Å². The van der Waals surface area contributed by atoms with Gasteiger partial charge in [-0.15, -0.1) is 0 Å². The van der Waals surface area contributed by atoms with Crippen LogP contribution in [-0.2, 0) is 10.8 Å². The molecule has 6 nitrogen and oxygen atoms in total. The van der Waals surface area contributed by atoms with Crippen LogP contribution in [0.5, 0.6) is 0 Å². The Morgan fingerprint density at radius 3 is 2.71 bits per heavy atom. The summed E-state index contributed by atoms with van der Waals surface area (Å²) in [6.45, 7) is 6.80. The first kappa shape index (κ1) is 23.4. The number of hydrogen-bond acceptors (Lipinski definition) is 5. The molecule has 0 spiro atoms. The molecule has 168 valence electrons. The van der Waals surface area contributed by atoms with Crippen molar-refractivity contribution in [3.05, 3.63) is 53.4 Å². The van der Waals surface area contributed by atoms with Crippen LogP contribution in [0.4, 0.5) is 0 Å². The third kappa shape index (κ3) is 6.37. The SMILES string of the molecule is CCC.CN1CCC(S(=O)C2=CCC(CNC(=O)c3cc4ccncc4o3)C=C2)CC1. The molecule has 2 aliphatic rings. The summed E-state index contributed by atoms with van der Waals surface area (Å²) in [6, 6.07) is 3.54. The first-order chi connectivity index (χ1) is 15.0. The molecule has 7 heteroatoms. The summed E-state index contributed by atoms with van der Waals surface area (Å²) in [5.74, 6) is 0.268. The number of pyridine rings is 1. The summed E-state index contributed by atoms with van der Waals surface area (Å²) in [6.07, 6.45) is 13.4. The summed E-state index contributed by atoms with van der Waals surface area (Å²) in [5.41, 5.74) is 0.606. The zero-order valence-corrected chi connectivity index (χ0v) is 19.5. The lowest BCUT2D eigenvalue weighted by molar-refractivity contribution is 0.0924. The van der Waals surface area contributed by atoms with E-state index in [0.29, 0.717) is 17.9 Å². The number of aromatic nitrogens is 1. The van der Waals surface area contributed by atoms with E-state index in [4.69, 9.17) is 4.42 Å². The van der Waals surface area contributed by atoms with Crippen LogP contribution in [0.3, 0.4) is 0 Å². The molecule has 1 aliphatic heterocycles. The fourth-order valence-corrected chi connectivity index (χ4v) is 5.14. The van der Waals surface area contributed by atoms with Crippen LogP contribution < -0.4 is 5.32 Å². The van der Waals surface area contributed by atoms with E-state index in [9.17, 15) is 9.00 Å². The van der Waals surface area contributed by atoms with E-state index in [1.54, 1.807) is 18.5 Å². The van der Waals surface area contributed by atoms with Gasteiger partial charge >= 0.3 is 0 Å². The Balaban J connectivity index is 0.000000858. The number of carbonyl (C=O) groups is 1. The third-order valence-electron chi connectivity index (χ3n) is 5.43. The highest BCUT2D eigenvalue weighted by Crippen LogP contribution is 2.25. The van der Waals surface area contributed by atoms with Crippen molar-refractivity contribution in [2.45, 2.75) is 44.8 Å². The van der Waals surface area contributed by atoms with Gasteiger partial charge in [-0.25, -0.2) is 0 Å². The zero-order valence-electron chi connectivity index (χ0n) is 18.7. The molecule has 3 heterocycles. The van der Waals surface area contributed by atoms with Gasteiger partial charge in [-0.2, -0.15) is 0 Å². The number of likely N-dealkylation sites (tertiary alicyclic amines) is 1. The van der Waals surface area contributed by atoms with Crippen molar-refractivity contribution >= 4 is 27.7 Å². The van der Waals surface area contributed by atoms with E-state index in [-0.39, 0.29) is 17.1 Å². The van der Waals surface area contributed by atoms with Gasteiger partial charge in [0.05, 0.1) is 17.0 Å². The van der Waals surface area contributed by atoms with E-state index < -0.39 is 10.8 Å². The molecule has 1 amide bonds. The topological polar surface area (TPSA) is 75.4 Å². The number of allylic oxidation sites excluding steroid dienone is 2. The quantitative estimate of drug-likeness (QED) is 0.747. The number of amides is 1. The average Bonchev–Trinajstić information content (AvgIpc) is 3.23. The van der Waals surface area contributed by atoms with Crippen molar-refractivity contribution in [3.8, 4) is 0 Å². The second-order valence-electron chi connectivity index (χ2n) is 8.20. The second-order valence-corrected chi connectivity index (χ2v) is 9.94. The average molecular weight is 444 g/mol. The maximum atomic E-state index is 12.8. The normalized spacial score (nSPS) is 20.6. The summed E-state index contributed by atoms with van der Waals surface area (Å²) in [4.78, 5) is 19.6. The van der Waals surface area contributed by atoms with Crippen LogP contribution in [0.15, 0.2) is 52.1 Å². The van der Waals surface area contributed by atoms with Crippen molar-refractivity contribution in [3.63, 3.8) is 0 Å². The fourth-order valence-electron chi connectivity index (χ4n) is 3.64. The molecule has 4 rings (SSSR count). The molecule has 2 aromatic rings. The fraction of sp³-hybridized carbons (Fsp3) is 0.500.